The van der Waals surface area contributed by atoms with Crippen molar-refractivity contribution in [2.24, 2.45) is 0 Å². The molecule has 1 aliphatic rings. The van der Waals surface area contributed by atoms with Gasteiger partial charge < -0.3 is 10.2 Å². The van der Waals surface area contributed by atoms with Crippen LogP contribution in [0.2, 0.25) is 15.1 Å². The first-order valence-corrected chi connectivity index (χ1v) is 9.94. The van der Waals surface area contributed by atoms with Crippen molar-refractivity contribution in [3.8, 4) is 0 Å². The number of carbonyl (C=O) groups is 1. The highest BCUT2D eigenvalue weighted by molar-refractivity contribution is 6.36. The average molecular weight is 428 g/mol. The van der Waals surface area contributed by atoms with Crippen molar-refractivity contribution in [2.45, 2.75) is 6.42 Å². The summed E-state index contributed by atoms with van der Waals surface area (Å²) in [5, 5.41) is 4.77. The molecule has 5 nitrogen and oxygen atoms in total. The molecule has 1 saturated heterocycles. The maximum atomic E-state index is 12.2. The minimum Gasteiger partial charge on any atom is -0.355 e. The Morgan fingerprint density at radius 2 is 1.74 bits per heavy atom. The second-order valence-electron chi connectivity index (χ2n) is 6.45. The number of aromatic nitrogens is 1. The first-order chi connectivity index (χ1) is 13.0. The number of piperazine rings is 1. The molecule has 1 aliphatic heterocycles. The van der Waals surface area contributed by atoms with Gasteiger partial charge in [0.1, 0.15) is 5.82 Å². The van der Waals surface area contributed by atoms with Crippen molar-refractivity contribution in [1.29, 1.82) is 0 Å². The Kier molecular flexibility index (Phi) is 7.19. The fourth-order valence-electron chi connectivity index (χ4n) is 3.01. The molecule has 0 radical (unpaired) electrons. The summed E-state index contributed by atoms with van der Waals surface area (Å²) >= 11 is 18.0. The van der Waals surface area contributed by atoms with E-state index in [4.69, 9.17) is 34.8 Å². The molecule has 0 bridgehead atoms. The summed E-state index contributed by atoms with van der Waals surface area (Å²) in [5.74, 6) is 0.785. The molecule has 0 unspecified atom stereocenters. The molecular formula is C19H21Cl3N4O. The highest BCUT2D eigenvalue weighted by Crippen LogP contribution is 2.26. The van der Waals surface area contributed by atoms with Crippen molar-refractivity contribution < 1.29 is 4.79 Å². The summed E-state index contributed by atoms with van der Waals surface area (Å²) in [6, 6.07) is 9.37. The Morgan fingerprint density at radius 1 is 1.04 bits per heavy atom. The van der Waals surface area contributed by atoms with Gasteiger partial charge in [-0.3, -0.25) is 9.69 Å². The number of pyridine rings is 1. The third-order valence-electron chi connectivity index (χ3n) is 4.48. The van der Waals surface area contributed by atoms with Crippen LogP contribution in [0, 0.1) is 0 Å². The Bertz CT molecular complexity index is 777. The third kappa shape index (κ3) is 5.98. The Balaban J connectivity index is 1.39. The lowest BCUT2D eigenvalue weighted by molar-refractivity contribution is -0.122. The van der Waals surface area contributed by atoms with Crippen LogP contribution in [0.4, 0.5) is 5.82 Å². The van der Waals surface area contributed by atoms with Gasteiger partial charge in [0, 0.05) is 43.9 Å². The normalized spacial score (nSPS) is 15.0. The van der Waals surface area contributed by atoms with E-state index in [0.717, 1.165) is 49.0 Å². The molecule has 8 heteroatoms. The number of rotatable bonds is 6. The lowest BCUT2D eigenvalue weighted by atomic mass is 10.1. The Hall–Kier alpha value is -1.53. The topological polar surface area (TPSA) is 48.5 Å². The Morgan fingerprint density at radius 3 is 2.41 bits per heavy atom. The largest absolute Gasteiger partial charge is 0.355 e. The quantitative estimate of drug-likeness (QED) is 0.766. The van der Waals surface area contributed by atoms with E-state index in [9.17, 15) is 4.79 Å². The van der Waals surface area contributed by atoms with Gasteiger partial charge >= 0.3 is 0 Å². The van der Waals surface area contributed by atoms with Crippen LogP contribution in [0.25, 0.3) is 0 Å². The zero-order valence-corrected chi connectivity index (χ0v) is 17.1. The van der Waals surface area contributed by atoms with Gasteiger partial charge in [0.2, 0.25) is 5.91 Å². The number of amides is 1. The zero-order chi connectivity index (χ0) is 19.2. The summed E-state index contributed by atoms with van der Waals surface area (Å²) in [6.45, 7) is 4.12. The van der Waals surface area contributed by atoms with E-state index >= 15 is 0 Å². The van der Waals surface area contributed by atoms with Crippen LogP contribution in [-0.2, 0) is 11.2 Å². The second-order valence-corrected chi connectivity index (χ2v) is 7.73. The van der Waals surface area contributed by atoms with Crippen LogP contribution in [0.15, 0.2) is 36.5 Å². The molecule has 27 heavy (non-hydrogen) atoms. The van der Waals surface area contributed by atoms with E-state index < -0.39 is 0 Å². The molecule has 0 aliphatic carbocycles. The van der Waals surface area contributed by atoms with Gasteiger partial charge in [-0.1, -0.05) is 46.9 Å². The average Bonchev–Trinajstić information content (AvgIpc) is 2.64. The molecule has 1 aromatic carbocycles. The van der Waals surface area contributed by atoms with Gasteiger partial charge in [-0.2, -0.15) is 0 Å². The molecule has 1 aromatic heterocycles. The second kappa shape index (κ2) is 9.60. The van der Waals surface area contributed by atoms with Gasteiger partial charge in [-0.25, -0.2) is 4.98 Å². The zero-order valence-electron chi connectivity index (χ0n) is 14.8. The minimum atomic E-state index is 0.0417. The number of anilines is 1. The fourth-order valence-corrected chi connectivity index (χ4v) is 3.64. The van der Waals surface area contributed by atoms with Crippen molar-refractivity contribution >= 4 is 46.5 Å². The number of benzene rings is 1. The van der Waals surface area contributed by atoms with Gasteiger partial charge in [-0.15, -0.1) is 0 Å². The minimum absolute atomic E-state index is 0.0417. The van der Waals surface area contributed by atoms with E-state index in [1.54, 1.807) is 12.3 Å². The van der Waals surface area contributed by atoms with E-state index in [0.29, 0.717) is 23.1 Å². The molecule has 1 N–H and O–H groups in total. The van der Waals surface area contributed by atoms with Crippen LogP contribution >= 0.6 is 34.8 Å². The summed E-state index contributed by atoms with van der Waals surface area (Å²) in [7, 11) is 0. The highest BCUT2D eigenvalue weighted by atomic mass is 35.5. The number of nitrogens with one attached hydrogen (secondary N) is 1. The lowest BCUT2D eigenvalue weighted by Gasteiger charge is -2.35. The van der Waals surface area contributed by atoms with Crippen molar-refractivity contribution in [2.75, 3.05) is 44.2 Å². The van der Waals surface area contributed by atoms with Crippen LogP contribution < -0.4 is 10.2 Å². The predicted octanol–water partition coefficient (Wildman–Crippen LogP) is 3.52. The van der Waals surface area contributed by atoms with E-state index in [-0.39, 0.29) is 5.91 Å². The van der Waals surface area contributed by atoms with Gasteiger partial charge in [0.05, 0.1) is 16.6 Å². The van der Waals surface area contributed by atoms with Crippen LogP contribution in [-0.4, -0.2) is 55.1 Å². The first kappa shape index (κ1) is 20.2. The molecule has 2 heterocycles. The van der Waals surface area contributed by atoms with Gasteiger partial charge in [0.15, 0.2) is 0 Å². The van der Waals surface area contributed by atoms with Gasteiger partial charge in [0.25, 0.3) is 0 Å². The van der Waals surface area contributed by atoms with E-state index in [1.807, 2.05) is 24.3 Å². The highest BCUT2D eigenvalue weighted by Gasteiger charge is 2.21. The van der Waals surface area contributed by atoms with E-state index in [2.05, 4.69) is 20.1 Å². The van der Waals surface area contributed by atoms with Crippen molar-refractivity contribution in [3.05, 3.63) is 57.2 Å². The van der Waals surface area contributed by atoms with Crippen LogP contribution in [0.5, 0.6) is 0 Å². The Labute approximate surface area is 174 Å². The summed E-state index contributed by atoms with van der Waals surface area (Å²) in [5.41, 5.74) is 1.15. The molecular weight excluding hydrogens is 407 g/mol. The number of nitrogens with zero attached hydrogens (tertiary/aromatic N) is 3. The van der Waals surface area contributed by atoms with Crippen LogP contribution in [0.1, 0.15) is 5.56 Å². The fraction of sp³-hybridized carbons (Fsp3) is 0.368. The smallest absolute Gasteiger partial charge is 0.234 e. The molecule has 0 spiro atoms. The van der Waals surface area contributed by atoms with Gasteiger partial charge in [-0.05, 0) is 30.2 Å². The summed E-state index contributed by atoms with van der Waals surface area (Å²) in [6.07, 6.45) is 2.39. The maximum Gasteiger partial charge on any atom is 0.234 e. The molecule has 144 valence electrons. The molecule has 1 fully saturated rings. The summed E-state index contributed by atoms with van der Waals surface area (Å²) in [4.78, 5) is 20.7. The molecule has 0 saturated carbocycles. The number of hydrogen-bond donors (Lipinski definition) is 1. The van der Waals surface area contributed by atoms with Crippen LogP contribution in [0.3, 0.4) is 0 Å². The lowest BCUT2D eigenvalue weighted by Crippen LogP contribution is -2.50. The third-order valence-corrected chi connectivity index (χ3v) is 5.21. The molecule has 1 amide bonds. The number of carbonyl (C=O) groups excluding carboxylic acids is 1. The maximum absolute atomic E-state index is 12.2. The standard InChI is InChI=1S/C19H21Cl3N4O/c20-15-3-1-14(2-4-15)5-6-23-18(27)13-25-7-9-26(10-8-25)19-17(22)11-16(21)12-24-19/h1-4,11-12H,5-10,13H2,(H,23,27). The molecule has 3 rings (SSSR count). The molecule has 0 atom stereocenters. The van der Waals surface area contributed by atoms with Crippen molar-refractivity contribution in [1.82, 2.24) is 15.2 Å². The molecule has 2 aromatic rings. The monoisotopic (exact) mass is 426 g/mol. The predicted molar refractivity (Wildman–Crippen MR) is 111 cm³/mol. The number of halogens is 3. The van der Waals surface area contributed by atoms with Crippen molar-refractivity contribution in [3.63, 3.8) is 0 Å². The first-order valence-electron chi connectivity index (χ1n) is 8.81. The SMILES string of the molecule is O=C(CN1CCN(c2ncc(Cl)cc2Cl)CC1)NCCc1ccc(Cl)cc1. The van der Waals surface area contributed by atoms with E-state index in [1.165, 1.54) is 0 Å². The summed E-state index contributed by atoms with van der Waals surface area (Å²) < 4.78 is 0. The number of hydrogen-bond acceptors (Lipinski definition) is 4.